The molecule has 2 aromatic carbocycles. The number of ether oxygens (including phenoxy) is 1. The number of aromatic nitrogens is 3. The van der Waals surface area contributed by atoms with Crippen molar-refractivity contribution in [1.29, 1.82) is 0 Å². The van der Waals surface area contributed by atoms with Crippen LogP contribution in [-0.4, -0.2) is 26.4 Å². The Balaban J connectivity index is 1.66. The molecule has 1 heterocycles. The van der Waals surface area contributed by atoms with Crippen LogP contribution in [-0.2, 0) is 17.9 Å². The molecule has 9 heteroatoms. The second-order valence-electron chi connectivity index (χ2n) is 7.27. The van der Waals surface area contributed by atoms with Gasteiger partial charge in [0.1, 0.15) is 12.4 Å². The van der Waals surface area contributed by atoms with Crippen molar-refractivity contribution in [1.82, 2.24) is 14.8 Å². The van der Waals surface area contributed by atoms with Gasteiger partial charge in [-0.15, -0.1) is 10.2 Å². The van der Waals surface area contributed by atoms with Crippen LogP contribution in [0.4, 0.5) is 5.69 Å². The number of anilines is 1. The maximum absolute atomic E-state index is 12.5. The molecule has 0 aliphatic heterocycles. The molecular weight excluding hydrogens is 455 g/mol. The average Bonchev–Trinajstić information content (AvgIpc) is 3.14. The van der Waals surface area contributed by atoms with E-state index in [9.17, 15) is 4.79 Å². The molecule has 6 nitrogen and oxygen atoms in total. The highest BCUT2D eigenvalue weighted by atomic mass is 35.5. The van der Waals surface area contributed by atoms with Crippen LogP contribution in [0.15, 0.2) is 53.7 Å². The van der Waals surface area contributed by atoms with E-state index in [4.69, 9.17) is 27.9 Å². The predicted molar refractivity (Wildman–Crippen MR) is 126 cm³/mol. The van der Waals surface area contributed by atoms with Crippen molar-refractivity contribution in [3.63, 3.8) is 0 Å². The molecule has 1 N–H and O–H groups in total. The minimum absolute atomic E-state index is 0.154. The van der Waals surface area contributed by atoms with Gasteiger partial charge in [0.15, 0.2) is 11.0 Å². The Kier molecular flexibility index (Phi) is 8.63. The summed E-state index contributed by atoms with van der Waals surface area (Å²) in [5.41, 5.74) is 0.412. The first-order chi connectivity index (χ1) is 14.9. The minimum atomic E-state index is -0.222. The summed E-state index contributed by atoms with van der Waals surface area (Å²) in [6.07, 6.45) is 0.964. The molecule has 0 spiro atoms. The number of rotatable bonds is 10. The quantitative estimate of drug-likeness (QED) is 0.365. The van der Waals surface area contributed by atoms with E-state index in [1.54, 1.807) is 18.2 Å². The lowest BCUT2D eigenvalue weighted by Gasteiger charge is -2.13. The summed E-state index contributed by atoms with van der Waals surface area (Å²) in [5.74, 6) is 1.95. The van der Waals surface area contributed by atoms with Crippen LogP contribution in [0.1, 0.15) is 26.1 Å². The van der Waals surface area contributed by atoms with E-state index in [0.717, 1.165) is 24.5 Å². The fourth-order valence-corrected chi connectivity index (χ4v) is 4.01. The fourth-order valence-electron chi connectivity index (χ4n) is 2.73. The lowest BCUT2D eigenvalue weighted by Crippen LogP contribution is -2.16. The number of hydrogen-bond acceptors (Lipinski definition) is 5. The summed E-state index contributed by atoms with van der Waals surface area (Å²) in [5, 5.41) is 12.8. The molecule has 3 rings (SSSR count). The highest BCUT2D eigenvalue weighted by Gasteiger charge is 2.16. The van der Waals surface area contributed by atoms with E-state index >= 15 is 0 Å². The number of halogens is 2. The molecule has 31 heavy (non-hydrogen) atoms. The summed E-state index contributed by atoms with van der Waals surface area (Å²) in [7, 11) is 0. The van der Waals surface area contributed by atoms with Crippen LogP contribution >= 0.6 is 35.0 Å². The van der Waals surface area contributed by atoms with Gasteiger partial charge in [0.05, 0.1) is 21.5 Å². The molecule has 1 aromatic heterocycles. The molecule has 0 radical (unpaired) electrons. The SMILES string of the molecule is CC(C)CCn1c(COc2ccccc2)nnc1SCC(=O)Nc1c(Cl)cccc1Cl. The Hall–Kier alpha value is -2.22. The van der Waals surface area contributed by atoms with Gasteiger partial charge >= 0.3 is 0 Å². The molecular formula is C22H24Cl2N4O2S. The number of thioether (sulfide) groups is 1. The van der Waals surface area contributed by atoms with Gasteiger partial charge in [0.25, 0.3) is 0 Å². The molecule has 0 unspecified atom stereocenters. The summed E-state index contributed by atoms with van der Waals surface area (Å²) in [6, 6.07) is 14.7. The standard InChI is InChI=1S/C22H24Cl2N4O2S/c1-15(2)11-12-28-19(13-30-16-7-4-3-5-8-16)26-27-22(28)31-14-20(29)25-21-17(23)9-6-10-18(21)24/h3-10,15H,11-14H2,1-2H3,(H,25,29). The summed E-state index contributed by atoms with van der Waals surface area (Å²) < 4.78 is 7.86. The van der Waals surface area contributed by atoms with Crippen molar-refractivity contribution in [2.24, 2.45) is 5.92 Å². The highest BCUT2D eigenvalue weighted by molar-refractivity contribution is 7.99. The van der Waals surface area contributed by atoms with Crippen molar-refractivity contribution in [2.75, 3.05) is 11.1 Å². The molecule has 0 saturated heterocycles. The first-order valence-corrected chi connectivity index (χ1v) is 11.6. The summed E-state index contributed by atoms with van der Waals surface area (Å²) in [6.45, 7) is 5.38. The van der Waals surface area contributed by atoms with E-state index in [-0.39, 0.29) is 11.7 Å². The molecule has 0 bridgehead atoms. The second-order valence-corrected chi connectivity index (χ2v) is 9.03. The van der Waals surface area contributed by atoms with Crippen LogP contribution in [0.2, 0.25) is 10.0 Å². The first kappa shape index (κ1) is 23.4. The van der Waals surface area contributed by atoms with Crippen LogP contribution in [0.3, 0.4) is 0 Å². The van der Waals surface area contributed by atoms with E-state index in [0.29, 0.717) is 33.4 Å². The maximum atomic E-state index is 12.5. The van der Waals surface area contributed by atoms with E-state index in [1.165, 1.54) is 11.8 Å². The van der Waals surface area contributed by atoms with E-state index < -0.39 is 0 Å². The van der Waals surface area contributed by atoms with Gasteiger partial charge in [0.2, 0.25) is 5.91 Å². The van der Waals surface area contributed by atoms with Crippen molar-refractivity contribution in [3.05, 3.63) is 64.4 Å². The van der Waals surface area contributed by atoms with Gasteiger partial charge in [-0.2, -0.15) is 0 Å². The van der Waals surface area contributed by atoms with Gasteiger partial charge in [0, 0.05) is 6.54 Å². The zero-order chi connectivity index (χ0) is 22.2. The lowest BCUT2D eigenvalue weighted by molar-refractivity contribution is -0.113. The molecule has 3 aromatic rings. The first-order valence-electron chi connectivity index (χ1n) is 9.90. The summed E-state index contributed by atoms with van der Waals surface area (Å²) >= 11 is 13.6. The fraction of sp³-hybridized carbons (Fsp3) is 0.318. The molecule has 164 valence electrons. The van der Waals surface area contributed by atoms with Crippen molar-refractivity contribution in [3.8, 4) is 5.75 Å². The molecule has 0 fully saturated rings. The number of para-hydroxylation sites is 2. The Morgan fingerprint density at radius 3 is 2.48 bits per heavy atom. The third-order valence-electron chi connectivity index (χ3n) is 4.39. The van der Waals surface area contributed by atoms with Gasteiger partial charge in [-0.25, -0.2) is 0 Å². The van der Waals surface area contributed by atoms with Crippen LogP contribution in [0.25, 0.3) is 0 Å². The van der Waals surface area contributed by atoms with Gasteiger partial charge in [-0.1, -0.05) is 73.1 Å². The Morgan fingerprint density at radius 1 is 1.10 bits per heavy atom. The number of nitrogens with one attached hydrogen (secondary N) is 1. The third kappa shape index (κ3) is 6.89. The minimum Gasteiger partial charge on any atom is -0.486 e. The largest absolute Gasteiger partial charge is 0.486 e. The zero-order valence-corrected chi connectivity index (χ0v) is 19.7. The molecule has 1 amide bonds. The molecule has 0 saturated carbocycles. The maximum Gasteiger partial charge on any atom is 0.234 e. The van der Waals surface area contributed by atoms with Crippen molar-refractivity contribution in [2.45, 2.75) is 38.6 Å². The monoisotopic (exact) mass is 478 g/mol. The number of carbonyl (C=O) groups excluding carboxylic acids is 1. The van der Waals surface area contributed by atoms with E-state index in [1.807, 2.05) is 34.9 Å². The van der Waals surface area contributed by atoms with Gasteiger partial charge < -0.3 is 14.6 Å². The van der Waals surface area contributed by atoms with Crippen LogP contribution in [0.5, 0.6) is 5.75 Å². The number of amides is 1. The number of benzene rings is 2. The highest BCUT2D eigenvalue weighted by Crippen LogP contribution is 2.30. The van der Waals surface area contributed by atoms with Crippen LogP contribution in [0, 0.1) is 5.92 Å². The molecule has 0 aliphatic carbocycles. The van der Waals surface area contributed by atoms with E-state index in [2.05, 4.69) is 29.4 Å². The van der Waals surface area contributed by atoms with Gasteiger partial charge in [-0.05, 0) is 36.6 Å². The Morgan fingerprint density at radius 2 is 1.81 bits per heavy atom. The summed E-state index contributed by atoms with van der Waals surface area (Å²) in [4.78, 5) is 12.5. The Bertz CT molecular complexity index is 992. The molecule has 0 aliphatic rings. The van der Waals surface area contributed by atoms with Crippen molar-refractivity contribution < 1.29 is 9.53 Å². The van der Waals surface area contributed by atoms with Crippen molar-refractivity contribution >= 4 is 46.6 Å². The third-order valence-corrected chi connectivity index (χ3v) is 5.99. The number of carbonyl (C=O) groups is 1. The molecule has 0 atom stereocenters. The lowest BCUT2D eigenvalue weighted by atomic mass is 10.1. The Labute approximate surface area is 196 Å². The number of nitrogens with zero attached hydrogens (tertiary/aromatic N) is 3. The normalized spacial score (nSPS) is 11.0. The topological polar surface area (TPSA) is 69.0 Å². The predicted octanol–water partition coefficient (Wildman–Crippen LogP) is 5.94. The smallest absolute Gasteiger partial charge is 0.234 e. The average molecular weight is 479 g/mol. The number of hydrogen-bond donors (Lipinski definition) is 1. The zero-order valence-electron chi connectivity index (χ0n) is 17.3. The van der Waals surface area contributed by atoms with Crippen LogP contribution < -0.4 is 10.1 Å². The second kappa shape index (κ2) is 11.4. The van der Waals surface area contributed by atoms with Gasteiger partial charge in [-0.3, -0.25) is 4.79 Å².